The number of ether oxygens (including phenoxy) is 2. The molecule has 3 heterocycles. The highest BCUT2D eigenvalue weighted by Crippen LogP contribution is 2.28. The van der Waals surface area contributed by atoms with Crippen molar-refractivity contribution in [1.29, 1.82) is 0 Å². The third-order valence-electron chi connectivity index (χ3n) is 5.43. The van der Waals surface area contributed by atoms with Crippen molar-refractivity contribution in [2.75, 3.05) is 31.7 Å². The van der Waals surface area contributed by atoms with E-state index in [0.29, 0.717) is 29.0 Å². The maximum absolute atomic E-state index is 12.9. The van der Waals surface area contributed by atoms with Crippen molar-refractivity contribution in [3.8, 4) is 11.5 Å². The van der Waals surface area contributed by atoms with Gasteiger partial charge in [-0.15, -0.1) is 5.10 Å². The number of nitrogens with zero attached hydrogens (tertiary/aromatic N) is 4. The number of aromatic nitrogens is 3. The largest absolute Gasteiger partial charge is 0.493 e. The number of hydrogen-bond acceptors (Lipinski definition) is 8. The van der Waals surface area contributed by atoms with Gasteiger partial charge in [-0.05, 0) is 43.4 Å². The summed E-state index contributed by atoms with van der Waals surface area (Å²) in [6.45, 7) is 6.70. The van der Waals surface area contributed by atoms with Crippen LogP contribution in [0.3, 0.4) is 0 Å². The number of benzene rings is 1. The van der Waals surface area contributed by atoms with Crippen LogP contribution in [0.5, 0.6) is 11.5 Å². The molecule has 0 unspecified atom stereocenters. The third kappa shape index (κ3) is 4.55. The number of methoxy groups -OCH3 is 1. The van der Waals surface area contributed by atoms with Gasteiger partial charge < -0.3 is 19.7 Å². The molecule has 1 fully saturated rings. The number of nitrogens with one attached hydrogen (secondary N) is 1. The van der Waals surface area contributed by atoms with Gasteiger partial charge in [0.05, 0.1) is 13.7 Å². The molecule has 1 aromatic carbocycles. The number of piperidine rings is 1. The summed E-state index contributed by atoms with van der Waals surface area (Å²) in [4.78, 5) is 32.6. The molecule has 1 aliphatic heterocycles. The van der Waals surface area contributed by atoms with Crippen molar-refractivity contribution in [2.24, 2.45) is 5.92 Å². The zero-order valence-corrected chi connectivity index (χ0v) is 19.3. The molecule has 0 saturated carbocycles. The maximum Gasteiger partial charge on any atom is 0.288 e. The highest BCUT2D eigenvalue weighted by molar-refractivity contribution is 7.20. The Balaban J connectivity index is 1.50. The van der Waals surface area contributed by atoms with Crippen molar-refractivity contribution in [3.05, 3.63) is 45.9 Å². The van der Waals surface area contributed by atoms with Crippen molar-refractivity contribution < 1.29 is 14.3 Å². The van der Waals surface area contributed by atoms with Crippen molar-refractivity contribution >= 4 is 27.3 Å². The lowest BCUT2D eigenvalue weighted by Gasteiger charge is -2.30. The van der Waals surface area contributed by atoms with Crippen LogP contribution < -0.4 is 25.2 Å². The Bertz CT molecular complexity index is 1170. The first kappa shape index (κ1) is 22.1. The second-order valence-corrected chi connectivity index (χ2v) is 8.78. The van der Waals surface area contributed by atoms with Gasteiger partial charge in [-0.3, -0.25) is 9.59 Å². The molecule has 0 aliphatic carbocycles. The van der Waals surface area contributed by atoms with E-state index in [1.807, 2.05) is 13.0 Å². The molecule has 10 heteroatoms. The van der Waals surface area contributed by atoms with Gasteiger partial charge in [0.15, 0.2) is 11.5 Å². The predicted molar refractivity (Wildman–Crippen MR) is 123 cm³/mol. The van der Waals surface area contributed by atoms with E-state index >= 15 is 0 Å². The summed E-state index contributed by atoms with van der Waals surface area (Å²) in [7, 11) is 1.56. The molecule has 0 radical (unpaired) electrons. The summed E-state index contributed by atoms with van der Waals surface area (Å²) >= 11 is 1.37. The summed E-state index contributed by atoms with van der Waals surface area (Å²) < 4.78 is 12.1. The number of carbonyl (C=O) groups excluding carboxylic acids is 1. The quantitative estimate of drug-likeness (QED) is 0.582. The lowest BCUT2D eigenvalue weighted by atomic mass is 10.0. The number of carbonyl (C=O) groups is 1. The molecule has 1 atom stereocenters. The van der Waals surface area contributed by atoms with E-state index in [4.69, 9.17) is 9.47 Å². The zero-order chi connectivity index (χ0) is 22.7. The number of amides is 1. The Morgan fingerprint density at radius 3 is 2.94 bits per heavy atom. The molecule has 0 spiro atoms. The summed E-state index contributed by atoms with van der Waals surface area (Å²) in [5.74, 6) is 1.32. The Morgan fingerprint density at radius 1 is 1.34 bits per heavy atom. The first-order valence-electron chi connectivity index (χ1n) is 10.7. The maximum atomic E-state index is 12.9. The second-order valence-electron chi connectivity index (χ2n) is 7.85. The fraction of sp³-hybridized carbons (Fsp3) is 0.455. The SMILES string of the molecule is CCOc1ccc(CNC(=O)c2cnc3sc(N4CCC[C@H](C)C4)nn3c2=O)cc1OC. The summed E-state index contributed by atoms with van der Waals surface area (Å²) in [5, 5.41) is 8.00. The van der Waals surface area contributed by atoms with Gasteiger partial charge in [0.2, 0.25) is 10.1 Å². The fourth-order valence-corrected chi connectivity index (χ4v) is 4.69. The van der Waals surface area contributed by atoms with E-state index in [9.17, 15) is 9.59 Å². The number of anilines is 1. The lowest BCUT2D eigenvalue weighted by Crippen LogP contribution is -2.34. The molecule has 1 amide bonds. The van der Waals surface area contributed by atoms with Crippen LogP contribution in [-0.2, 0) is 6.54 Å². The van der Waals surface area contributed by atoms with Crippen molar-refractivity contribution in [3.63, 3.8) is 0 Å². The van der Waals surface area contributed by atoms with Gasteiger partial charge in [-0.1, -0.05) is 24.3 Å². The van der Waals surface area contributed by atoms with Gasteiger partial charge in [0, 0.05) is 25.8 Å². The van der Waals surface area contributed by atoms with Crippen LogP contribution >= 0.6 is 11.3 Å². The topological polar surface area (TPSA) is 98.1 Å². The number of hydrogen-bond donors (Lipinski definition) is 1. The van der Waals surface area contributed by atoms with Crippen molar-refractivity contribution in [2.45, 2.75) is 33.2 Å². The lowest BCUT2D eigenvalue weighted by molar-refractivity contribution is 0.0948. The molecule has 1 N–H and O–H groups in total. The van der Waals surface area contributed by atoms with E-state index in [0.717, 1.165) is 30.2 Å². The van der Waals surface area contributed by atoms with Crippen LogP contribution in [0.1, 0.15) is 42.6 Å². The Hall–Kier alpha value is -3.14. The van der Waals surface area contributed by atoms with E-state index < -0.39 is 11.5 Å². The van der Waals surface area contributed by atoms with Gasteiger partial charge in [0.1, 0.15) is 5.56 Å². The number of rotatable bonds is 7. The number of fused-ring (bicyclic) bond motifs is 1. The highest BCUT2D eigenvalue weighted by Gasteiger charge is 2.22. The molecule has 4 rings (SSSR count). The van der Waals surface area contributed by atoms with Gasteiger partial charge in [-0.2, -0.15) is 4.52 Å². The Morgan fingerprint density at radius 2 is 2.19 bits per heavy atom. The monoisotopic (exact) mass is 457 g/mol. The minimum atomic E-state index is -0.495. The molecule has 170 valence electrons. The van der Waals surface area contributed by atoms with Crippen LogP contribution in [0.2, 0.25) is 0 Å². The van der Waals surface area contributed by atoms with E-state index in [2.05, 4.69) is 27.2 Å². The standard InChI is InChI=1S/C22H27N5O4S/c1-4-31-17-8-7-15(10-18(17)30-3)11-23-19(28)16-12-24-21-27(20(16)29)25-22(32-21)26-9-5-6-14(2)13-26/h7-8,10,12,14H,4-6,9,11,13H2,1-3H3,(H,23,28)/t14-/m0/s1. The normalized spacial score (nSPS) is 16.2. The summed E-state index contributed by atoms with van der Waals surface area (Å²) in [5.41, 5.74) is 0.316. The molecule has 1 saturated heterocycles. The zero-order valence-electron chi connectivity index (χ0n) is 18.5. The molecule has 2 aromatic heterocycles. The molecule has 3 aromatic rings. The van der Waals surface area contributed by atoms with Crippen LogP contribution in [-0.4, -0.2) is 47.3 Å². The minimum Gasteiger partial charge on any atom is -0.493 e. The molecule has 1 aliphatic rings. The summed E-state index contributed by atoms with van der Waals surface area (Å²) in [6.07, 6.45) is 3.63. The van der Waals surface area contributed by atoms with Crippen LogP contribution in [0.25, 0.3) is 4.96 Å². The van der Waals surface area contributed by atoms with E-state index in [1.54, 1.807) is 19.2 Å². The fourth-order valence-electron chi connectivity index (χ4n) is 3.80. The molecular weight excluding hydrogens is 430 g/mol. The van der Waals surface area contributed by atoms with Gasteiger partial charge in [0.25, 0.3) is 11.5 Å². The van der Waals surface area contributed by atoms with E-state index in [-0.39, 0.29) is 12.1 Å². The third-order valence-corrected chi connectivity index (χ3v) is 6.41. The summed E-state index contributed by atoms with van der Waals surface area (Å²) in [6, 6.07) is 5.44. The first-order valence-corrected chi connectivity index (χ1v) is 11.5. The average Bonchev–Trinajstić information content (AvgIpc) is 3.24. The van der Waals surface area contributed by atoms with Gasteiger partial charge in [-0.25, -0.2) is 4.98 Å². The predicted octanol–water partition coefficient (Wildman–Crippen LogP) is 2.72. The van der Waals surface area contributed by atoms with Crippen LogP contribution in [0.15, 0.2) is 29.2 Å². The molecule has 9 nitrogen and oxygen atoms in total. The first-order chi connectivity index (χ1) is 15.5. The van der Waals surface area contributed by atoms with Crippen LogP contribution in [0.4, 0.5) is 5.13 Å². The van der Waals surface area contributed by atoms with E-state index in [1.165, 1.54) is 28.5 Å². The Kier molecular flexibility index (Phi) is 6.59. The van der Waals surface area contributed by atoms with Gasteiger partial charge >= 0.3 is 0 Å². The van der Waals surface area contributed by atoms with Crippen LogP contribution in [0, 0.1) is 5.92 Å². The average molecular weight is 458 g/mol. The van der Waals surface area contributed by atoms with Crippen molar-refractivity contribution in [1.82, 2.24) is 19.9 Å². The molecule has 32 heavy (non-hydrogen) atoms. The molecular formula is C22H27N5O4S. The highest BCUT2D eigenvalue weighted by atomic mass is 32.1. The molecule has 0 bridgehead atoms. The minimum absolute atomic E-state index is 0.0377. The smallest absolute Gasteiger partial charge is 0.288 e. The second kappa shape index (κ2) is 9.56. The Labute approximate surface area is 190 Å².